The molecule has 2 aromatic carbocycles. The van der Waals surface area contributed by atoms with Gasteiger partial charge in [0.2, 0.25) is 0 Å². The molecule has 2 N–H and O–H groups in total. The van der Waals surface area contributed by atoms with E-state index in [-0.39, 0.29) is 0 Å². The third-order valence-electron chi connectivity index (χ3n) is 3.55. The summed E-state index contributed by atoms with van der Waals surface area (Å²) in [6, 6.07) is 11.7. The Hall–Kier alpha value is -3.15. The number of aromatic nitrogens is 4. The first-order valence-electron chi connectivity index (χ1n) is 6.82. The second-order valence-electron chi connectivity index (χ2n) is 4.90. The Labute approximate surface area is 126 Å². The van der Waals surface area contributed by atoms with Crippen LogP contribution in [0, 0.1) is 0 Å². The third kappa shape index (κ3) is 2.10. The van der Waals surface area contributed by atoms with E-state index in [0.717, 1.165) is 39.1 Å². The molecule has 0 saturated carbocycles. The lowest BCUT2D eigenvalue weighted by atomic mass is 10.2. The van der Waals surface area contributed by atoms with Crippen molar-refractivity contribution in [3.05, 3.63) is 48.9 Å². The summed E-state index contributed by atoms with van der Waals surface area (Å²) in [6.45, 7) is 0. The lowest BCUT2D eigenvalue weighted by molar-refractivity contribution is 0.415. The van der Waals surface area contributed by atoms with Crippen LogP contribution in [0.15, 0.2) is 48.9 Å². The zero-order valence-corrected chi connectivity index (χ0v) is 11.9. The van der Waals surface area contributed by atoms with E-state index < -0.39 is 0 Å². The van der Waals surface area contributed by atoms with Crippen LogP contribution >= 0.6 is 0 Å². The molecular formula is C16H13N5O. The minimum Gasteiger partial charge on any atom is -0.497 e. The van der Waals surface area contributed by atoms with Crippen molar-refractivity contribution in [2.45, 2.75) is 0 Å². The summed E-state index contributed by atoms with van der Waals surface area (Å²) in [7, 11) is 1.64. The lowest BCUT2D eigenvalue weighted by Gasteiger charge is -2.09. The number of benzene rings is 2. The number of hydrogen-bond donors (Lipinski definition) is 2. The number of nitrogens with zero attached hydrogens (tertiary/aromatic N) is 3. The fourth-order valence-electron chi connectivity index (χ4n) is 2.41. The molecule has 0 unspecified atom stereocenters. The SMILES string of the molecule is COc1ccc2c(Nc3ccc4cn[nH]c4c3)ncnc2c1. The number of anilines is 2. The van der Waals surface area contributed by atoms with Crippen molar-refractivity contribution in [3.63, 3.8) is 0 Å². The Bertz CT molecular complexity index is 963. The molecule has 22 heavy (non-hydrogen) atoms. The molecule has 0 aliphatic carbocycles. The second kappa shape index (κ2) is 5.00. The Morgan fingerprint density at radius 2 is 2.05 bits per heavy atom. The van der Waals surface area contributed by atoms with Crippen molar-refractivity contribution in [2.24, 2.45) is 0 Å². The average Bonchev–Trinajstić information content (AvgIpc) is 3.02. The predicted octanol–water partition coefficient (Wildman–Crippen LogP) is 3.26. The summed E-state index contributed by atoms with van der Waals surface area (Å²) < 4.78 is 5.23. The first-order chi connectivity index (χ1) is 10.8. The van der Waals surface area contributed by atoms with Crippen molar-refractivity contribution in [1.29, 1.82) is 0 Å². The fraction of sp³-hybridized carbons (Fsp3) is 0.0625. The topological polar surface area (TPSA) is 75.7 Å². The van der Waals surface area contributed by atoms with Crippen molar-refractivity contribution >= 4 is 33.3 Å². The normalized spacial score (nSPS) is 11.0. The number of rotatable bonds is 3. The number of ether oxygens (including phenoxy) is 1. The Morgan fingerprint density at radius 1 is 1.09 bits per heavy atom. The van der Waals surface area contributed by atoms with Crippen LogP contribution in [0.5, 0.6) is 5.75 Å². The number of methoxy groups -OCH3 is 1. The minimum atomic E-state index is 0.756. The molecule has 4 aromatic rings. The first-order valence-corrected chi connectivity index (χ1v) is 6.82. The largest absolute Gasteiger partial charge is 0.497 e. The summed E-state index contributed by atoms with van der Waals surface area (Å²) >= 11 is 0. The summed E-state index contributed by atoms with van der Waals surface area (Å²) in [6.07, 6.45) is 3.34. The van der Waals surface area contributed by atoms with Crippen LogP contribution in [-0.4, -0.2) is 27.3 Å². The third-order valence-corrected chi connectivity index (χ3v) is 3.55. The molecule has 6 heteroatoms. The van der Waals surface area contributed by atoms with Gasteiger partial charge in [-0.15, -0.1) is 0 Å². The van der Waals surface area contributed by atoms with Gasteiger partial charge in [-0.25, -0.2) is 9.97 Å². The Balaban J connectivity index is 1.76. The molecular weight excluding hydrogens is 278 g/mol. The lowest BCUT2D eigenvalue weighted by Crippen LogP contribution is -1.96. The average molecular weight is 291 g/mol. The van der Waals surface area contributed by atoms with Gasteiger partial charge in [0.1, 0.15) is 17.9 Å². The van der Waals surface area contributed by atoms with Crippen LogP contribution in [0.3, 0.4) is 0 Å². The van der Waals surface area contributed by atoms with E-state index in [9.17, 15) is 0 Å². The van der Waals surface area contributed by atoms with E-state index in [1.165, 1.54) is 0 Å². The minimum absolute atomic E-state index is 0.756. The van der Waals surface area contributed by atoms with E-state index >= 15 is 0 Å². The standard InChI is InChI=1S/C16H13N5O/c1-22-12-4-5-13-15(7-12)17-9-18-16(13)20-11-3-2-10-8-19-21-14(10)6-11/h2-9H,1H3,(H,19,21)(H,17,18,20). The fourth-order valence-corrected chi connectivity index (χ4v) is 2.41. The van der Waals surface area contributed by atoms with Crippen molar-refractivity contribution in [1.82, 2.24) is 20.2 Å². The monoisotopic (exact) mass is 291 g/mol. The highest BCUT2D eigenvalue weighted by molar-refractivity contribution is 5.92. The van der Waals surface area contributed by atoms with Gasteiger partial charge in [-0.1, -0.05) is 0 Å². The van der Waals surface area contributed by atoms with Gasteiger partial charge in [0.05, 0.1) is 24.3 Å². The number of H-pyrrole nitrogens is 1. The van der Waals surface area contributed by atoms with E-state index in [1.807, 2.05) is 36.4 Å². The van der Waals surface area contributed by atoms with Gasteiger partial charge in [-0.05, 0) is 30.3 Å². The summed E-state index contributed by atoms with van der Waals surface area (Å²) in [5.41, 5.74) is 2.75. The van der Waals surface area contributed by atoms with Gasteiger partial charge in [-0.2, -0.15) is 5.10 Å². The van der Waals surface area contributed by atoms with Crippen LogP contribution in [-0.2, 0) is 0 Å². The highest BCUT2D eigenvalue weighted by atomic mass is 16.5. The Morgan fingerprint density at radius 3 is 2.95 bits per heavy atom. The molecule has 4 rings (SSSR count). The van der Waals surface area contributed by atoms with Crippen LogP contribution in [0.2, 0.25) is 0 Å². The molecule has 0 aliphatic rings. The van der Waals surface area contributed by atoms with Crippen molar-refractivity contribution in [3.8, 4) is 5.75 Å². The van der Waals surface area contributed by atoms with Crippen molar-refractivity contribution in [2.75, 3.05) is 12.4 Å². The number of fused-ring (bicyclic) bond motifs is 2. The Kier molecular flexibility index (Phi) is 2.86. The maximum atomic E-state index is 5.23. The summed E-state index contributed by atoms with van der Waals surface area (Å²) in [5.74, 6) is 1.53. The molecule has 0 bridgehead atoms. The van der Waals surface area contributed by atoms with Crippen LogP contribution in [0.1, 0.15) is 0 Å². The predicted molar refractivity (Wildman–Crippen MR) is 85.5 cm³/mol. The van der Waals surface area contributed by atoms with Crippen LogP contribution in [0.4, 0.5) is 11.5 Å². The first kappa shape index (κ1) is 12.6. The maximum absolute atomic E-state index is 5.23. The molecule has 2 heterocycles. The number of nitrogens with one attached hydrogen (secondary N) is 2. The quantitative estimate of drug-likeness (QED) is 0.606. The van der Waals surface area contributed by atoms with Gasteiger partial charge in [-0.3, -0.25) is 5.10 Å². The van der Waals surface area contributed by atoms with Gasteiger partial charge >= 0.3 is 0 Å². The zero-order chi connectivity index (χ0) is 14.9. The molecule has 0 fully saturated rings. The van der Waals surface area contributed by atoms with E-state index in [0.29, 0.717) is 0 Å². The second-order valence-corrected chi connectivity index (χ2v) is 4.90. The molecule has 2 aromatic heterocycles. The molecule has 0 saturated heterocycles. The molecule has 0 radical (unpaired) electrons. The van der Waals surface area contributed by atoms with Gasteiger partial charge in [0.25, 0.3) is 0 Å². The van der Waals surface area contributed by atoms with Gasteiger partial charge in [0, 0.05) is 22.5 Å². The molecule has 0 aliphatic heterocycles. The summed E-state index contributed by atoms with van der Waals surface area (Å²) in [4.78, 5) is 8.62. The summed E-state index contributed by atoms with van der Waals surface area (Å²) in [5, 5.41) is 12.3. The van der Waals surface area contributed by atoms with E-state index in [2.05, 4.69) is 25.5 Å². The highest BCUT2D eigenvalue weighted by Gasteiger charge is 2.06. The van der Waals surface area contributed by atoms with Gasteiger partial charge in [0.15, 0.2) is 0 Å². The van der Waals surface area contributed by atoms with E-state index in [1.54, 1.807) is 19.6 Å². The smallest absolute Gasteiger partial charge is 0.141 e. The maximum Gasteiger partial charge on any atom is 0.141 e. The van der Waals surface area contributed by atoms with Crippen molar-refractivity contribution < 1.29 is 4.74 Å². The molecule has 108 valence electrons. The van der Waals surface area contributed by atoms with Gasteiger partial charge < -0.3 is 10.1 Å². The zero-order valence-electron chi connectivity index (χ0n) is 11.9. The highest BCUT2D eigenvalue weighted by Crippen LogP contribution is 2.27. The molecule has 0 spiro atoms. The van der Waals surface area contributed by atoms with Crippen LogP contribution in [0.25, 0.3) is 21.8 Å². The molecule has 6 nitrogen and oxygen atoms in total. The number of hydrogen-bond acceptors (Lipinski definition) is 5. The molecule has 0 atom stereocenters. The molecule has 0 amide bonds. The van der Waals surface area contributed by atoms with E-state index in [4.69, 9.17) is 4.74 Å². The number of aromatic amines is 1. The van der Waals surface area contributed by atoms with Crippen LogP contribution < -0.4 is 10.1 Å².